The molecule has 2 fully saturated rings. The Morgan fingerprint density at radius 2 is 1.77 bits per heavy atom. The Balaban J connectivity index is 1.33. The van der Waals surface area contributed by atoms with E-state index >= 15 is 4.39 Å². The van der Waals surface area contributed by atoms with Crippen LogP contribution < -0.4 is 9.47 Å². The van der Waals surface area contributed by atoms with Gasteiger partial charge in [0.2, 0.25) is 0 Å². The maximum absolute atomic E-state index is 15.9. The van der Waals surface area contributed by atoms with Gasteiger partial charge in [-0.15, -0.1) is 13.2 Å². The summed E-state index contributed by atoms with van der Waals surface area (Å²) < 4.78 is 79.2. The van der Waals surface area contributed by atoms with Gasteiger partial charge in [-0.25, -0.2) is 8.78 Å². The summed E-state index contributed by atoms with van der Waals surface area (Å²) in [6.07, 6.45) is -0.840. The molecule has 1 aliphatic carbocycles. The van der Waals surface area contributed by atoms with Crippen LogP contribution in [0.2, 0.25) is 0 Å². The van der Waals surface area contributed by atoms with E-state index in [0.717, 1.165) is 36.6 Å². The first-order chi connectivity index (χ1) is 18.4. The molecule has 2 heterocycles. The molecule has 2 aromatic rings. The molecule has 5 rings (SSSR count). The number of likely N-dealkylation sites (tertiary alicyclic amines) is 1. The smallest absolute Gasteiger partial charge is 0.484 e. The van der Waals surface area contributed by atoms with Gasteiger partial charge < -0.3 is 14.6 Å². The molecule has 10 heteroatoms. The van der Waals surface area contributed by atoms with Crippen molar-refractivity contribution in [3.8, 4) is 11.5 Å². The average molecular weight is 554 g/mol. The number of carbonyl (C=O) groups is 1. The quantitative estimate of drug-likeness (QED) is 0.374. The predicted molar refractivity (Wildman–Crippen MR) is 133 cm³/mol. The molecule has 1 unspecified atom stereocenters. The zero-order valence-electron chi connectivity index (χ0n) is 21.9. The summed E-state index contributed by atoms with van der Waals surface area (Å²) in [5.41, 5.74) is 0.609. The number of fused-ring (bicyclic) bond motifs is 1. The molecular formula is C29H32F5NO4. The van der Waals surface area contributed by atoms with Crippen LogP contribution in [-0.4, -0.2) is 41.0 Å². The lowest BCUT2D eigenvalue weighted by atomic mass is 9.79. The van der Waals surface area contributed by atoms with Crippen LogP contribution in [-0.2, 0) is 11.2 Å². The zero-order chi connectivity index (χ0) is 28.1. The van der Waals surface area contributed by atoms with E-state index in [0.29, 0.717) is 44.3 Å². The Bertz CT molecular complexity index is 1240. The van der Waals surface area contributed by atoms with Crippen LogP contribution in [0.15, 0.2) is 30.3 Å². The van der Waals surface area contributed by atoms with Crippen molar-refractivity contribution in [1.29, 1.82) is 0 Å². The summed E-state index contributed by atoms with van der Waals surface area (Å²) in [4.78, 5) is 13.7. The Kier molecular flexibility index (Phi) is 7.28. The van der Waals surface area contributed by atoms with Crippen LogP contribution >= 0.6 is 0 Å². The number of hydrogen-bond acceptors (Lipinski definition) is 4. The number of benzene rings is 2. The number of aliphatic carboxylic acids is 1. The molecule has 212 valence electrons. The lowest BCUT2D eigenvalue weighted by Gasteiger charge is -2.46. The van der Waals surface area contributed by atoms with Crippen molar-refractivity contribution < 1.29 is 41.3 Å². The fraction of sp³-hybridized carbons (Fsp3) is 0.552. The minimum atomic E-state index is -4.90. The van der Waals surface area contributed by atoms with E-state index in [9.17, 15) is 27.5 Å². The second-order valence-corrected chi connectivity index (χ2v) is 11.2. The second kappa shape index (κ2) is 10.3. The number of aryl methyl sites for hydroxylation is 1. The highest BCUT2D eigenvalue weighted by Gasteiger charge is 2.45. The van der Waals surface area contributed by atoms with E-state index in [1.807, 2.05) is 11.0 Å². The summed E-state index contributed by atoms with van der Waals surface area (Å²) in [6, 6.07) is 5.99. The molecule has 2 aromatic carbocycles. The fourth-order valence-electron chi connectivity index (χ4n) is 6.28. The first kappa shape index (κ1) is 27.7. The highest BCUT2D eigenvalue weighted by atomic mass is 19.4. The standard InChI is InChI=1S/C29H32F5NO4/c1-16(27(36)37)24(18-3-4-18)21-7-5-19-9-10-28(39-26(19)25(21)31)11-13-35(14-12-28)17(2)22-15-20(30)6-8-23(22)38-29(32,33)34/h5-8,15-18,24H,3-4,9-14H2,1-2H3,(H,36,37)/t16-,17?,24-/m0/s1. The van der Waals surface area contributed by atoms with Crippen molar-refractivity contribution in [3.05, 3.63) is 58.7 Å². The number of carboxylic acids is 1. The maximum atomic E-state index is 15.9. The van der Waals surface area contributed by atoms with Gasteiger partial charge in [-0.2, -0.15) is 0 Å². The van der Waals surface area contributed by atoms with Crippen molar-refractivity contribution in [3.63, 3.8) is 0 Å². The van der Waals surface area contributed by atoms with E-state index in [1.165, 1.54) is 0 Å². The van der Waals surface area contributed by atoms with E-state index in [2.05, 4.69) is 4.74 Å². The number of nitrogens with zero attached hydrogens (tertiary/aromatic N) is 1. The van der Waals surface area contributed by atoms with E-state index in [-0.39, 0.29) is 17.2 Å². The fourth-order valence-corrected chi connectivity index (χ4v) is 6.28. The molecule has 0 amide bonds. The van der Waals surface area contributed by atoms with E-state index in [4.69, 9.17) is 4.74 Å². The van der Waals surface area contributed by atoms with Gasteiger partial charge in [0.25, 0.3) is 0 Å². The van der Waals surface area contributed by atoms with Crippen LogP contribution in [0.5, 0.6) is 11.5 Å². The topological polar surface area (TPSA) is 59.0 Å². The van der Waals surface area contributed by atoms with E-state index in [1.54, 1.807) is 19.9 Å². The van der Waals surface area contributed by atoms with Gasteiger partial charge in [-0.3, -0.25) is 9.69 Å². The van der Waals surface area contributed by atoms with Gasteiger partial charge >= 0.3 is 12.3 Å². The number of hydrogen-bond donors (Lipinski definition) is 1. The number of carboxylic acid groups (broad SMARTS) is 1. The Morgan fingerprint density at radius 3 is 2.38 bits per heavy atom. The summed E-state index contributed by atoms with van der Waals surface area (Å²) in [5.74, 6) is -3.34. The van der Waals surface area contributed by atoms with Gasteiger partial charge in [0.15, 0.2) is 11.6 Å². The van der Waals surface area contributed by atoms with Crippen LogP contribution in [0.3, 0.4) is 0 Å². The number of rotatable bonds is 7. The summed E-state index contributed by atoms with van der Waals surface area (Å²) >= 11 is 0. The molecular weight excluding hydrogens is 521 g/mol. The van der Waals surface area contributed by atoms with Crippen molar-refractivity contribution in [2.45, 2.75) is 76.3 Å². The lowest BCUT2D eigenvalue weighted by Crippen LogP contribution is -2.50. The molecule has 3 atom stereocenters. The predicted octanol–water partition coefficient (Wildman–Crippen LogP) is 7.00. The van der Waals surface area contributed by atoms with Crippen molar-refractivity contribution >= 4 is 5.97 Å². The van der Waals surface area contributed by atoms with Crippen molar-refractivity contribution in [1.82, 2.24) is 4.90 Å². The van der Waals surface area contributed by atoms with Gasteiger partial charge in [-0.1, -0.05) is 19.1 Å². The summed E-state index contributed by atoms with van der Waals surface area (Å²) in [7, 11) is 0. The second-order valence-electron chi connectivity index (χ2n) is 11.2. The van der Waals surface area contributed by atoms with Gasteiger partial charge in [0, 0.05) is 30.6 Å². The normalized spacial score (nSPS) is 21.5. The maximum Gasteiger partial charge on any atom is 0.573 e. The third-order valence-electron chi connectivity index (χ3n) is 8.70. The van der Waals surface area contributed by atoms with Crippen LogP contribution in [0.1, 0.15) is 74.6 Å². The zero-order valence-corrected chi connectivity index (χ0v) is 21.9. The average Bonchev–Trinajstić information content (AvgIpc) is 3.71. The van der Waals surface area contributed by atoms with Gasteiger partial charge in [-0.05, 0) is 80.7 Å². The van der Waals surface area contributed by atoms with Crippen molar-refractivity contribution in [2.24, 2.45) is 11.8 Å². The molecule has 0 aromatic heterocycles. The van der Waals surface area contributed by atoms with Crippen molar-refractivity contribution in [2.75, 3.05) is 13.1 Å². The van der Waals surface area contributed by atoms with Crippen LogP contribution in [0, 0.1) is 23.5 Å². The molecule has 1 saturated carbocycles. The molecule has 5 nitrogen and oxygen atoms in total. The van der Waals surface area contributed by atoms with E-state index < -0.39 is 53.2 Å². The van der Waals surface area contributed by atoms with Gasteiger partial charge in [0.1, 0.15) is 17.2 Å². The number of piperidine rings is 1. The summed E-state index contributed by atoms with van der Waals surface area (Å²) in [6.45, 7) is 4.24. The largest absolute Gasteiger partial charge is 0.573 e. The Hall–Kier alpha value is -2.88. The number of ether oxygens (including phenoxy) is 2. The van der Waals surface area contributed by atoms with Crippen LogP contribution in [0.25, 0.3) is 0 Å². The third kappa shape index (κ3) is 5.71. The highest BCUT2D eigenvalue weighted by Crippen LogP contribution is 2.50. The molecule has 1 saturated heterocycles. The third-order valence-corrected chi connectivity index (χ3v) is 8.70. The molecule has 0 bridgehead atoms. The SMILES string of the molecule is CC(c1cc(F)ccc1OC(F)(F)F)N1CCC2(CCc3ccc([C@H](C4CC4)[C@H](C)C(=O)O)c(F)c3O2)CC1. The monoisotopic (exact) mass is 553 g/mol. The minimum absolute atomic E-state index is 0.104. The highest BCUT2D eigenvalue weighted by molar-refractivity contribution is 5.71. The van der Waals surface area contributed by atoms with Gasteiger partial charge in [0.05, 0.1) is 5.92 Å². The molecule has 39 heavy (non-hydrogen) atoms. The molecule has 2 aliphatic heterocycles. The minimum Gasteiger partial charge on any atom is -0.484 e. The Labute approximate surface area is 223 Å². The molecule has 0 radical (unpaired) electrons. The Morgan fingerprint density at radius 1 is 1.08 bits per heavy atom. The first-order valence-electron chi connectivity index (χ1n) is 13.4. The molecule has 1 spiro atoms. The first-order valence-corrected chi connectivity index (χ1v) is 13.4. The molecule has 3 aliphatic rings. The number of alkyl halides is 3. The lowest BCUT2D eigenvalue weighted by molar-refractivity contribution is -0.275. The number of halogens is 5. The van der Waals surface area contributed by atoms with Crippen LogP contribution in [0.4, 0.5) is 22.0 Å². The summed E-state index contributed by atoms with van der Waals surface area (Å²) in [5, 5.41) is 9.62. The molecule has 1 N–H and O–H groups in total.